The Bertz CT molecular complexity index is 1600. The molecule has 0 saturated heterocycles. The summed E-state index contributed by atoms with van der Waals surface area (Å²) < 4.78 is 5.67. The van der Waals surface area contributed by atoms with Crippen LogP contribution < -0.4 is 5.32 Å². The molecular formula is C32H31N3O7. The number of alkyl carbamates (subject to hydrolysis) is 1. The van der Waals surface area contributed by atoms with E-state index in [1.165, 1.54) is 7.05 Å². The van der Waals surface area contributed by atoms with Crippen molar-refractivity contribution in [2.45, 2.75) is 37.3 Å². The molecule has 3 aromatic carbocycles. The summed E-state index contributed by atoms with van der Waals surface area (Å²) in [4.78, 5) is 54.0. The zero-order chi connectivity index (χ0) is 29.8. The Balaban J connectivity index is 1.35. The highest BCUT2D eigenvalue weighted by molar-refractivity contribution is 5.91. The van der Waals surface area contributed by atoms with E-state index in [0.717, 1.165) is 43.6 Å². The number of carboxylic acid groups (broad SMARTS) is 2. The van der Waals surface area contributed by atoms with Crippen molar-refractivity contribution in [2.24, 2.45) is 0 Å². The maximum atomic E-state index is 13.7. The van der Waals surface area contributed by atoms with Gasteiger partial charge in [-0.15, -0.1) is 0 Å². The molecule has 0 unspecified atom stereocenters. The number of carbonyl (C=O) groups is 4. The molecule has 4 N–H and O–H groups in total. The number of hydrogen-bond donors (Lipinski definition) is 4. The summed E-state index contributed by atoms with van der Waals surface area (Å²) in [5, 5.41) is 22.3. The maximum absolute atomic E-state index is 13.7. The standard InChI is InChI=1S/C32H31N3O7/c1-35(28(31(39)40)14-15-29(36)37)30(38)27(16-19-17-33-26-13-7-6-8-20(19)26)34-32(41)42-18-25-23-11-4-2-9-21(23)22-10-3-5-12-24(22)25/h2-13,17,25,27-28,33H,14-16,18H2,1H3,(H,34,41)(H,36,37)(H,39,40)/t27-,28-/m0/s1. The van der Waals surface area contributed by atoms with E-state index in [0.29, 0.717) is 0 Å². The first-order valence-corrected chi connectivity index (χ1v) is 13.6. The number of rotatable bonds is 11. The summed E-state index contributed by atoms with van der Waals surface area (Å²) in [5.41, 5.74) is 5.84. The van der Waals surface area contributed by atoms with E-state index < -0.39 is 42.4 Å². The molecule has 1 heterocycles. The summed E-state index contributed by atoms with van der Waals surface area (Å²) in [7, 11) is 1.30. The van der Waals surface area contributed by atoms with Crippen LogP contribution >= 0.6 is 0 Å². The van der Waals surface area contributed by atoms with E-state index in [1.807, 2.05) is 72.8 Å². The summed E-state index contributed by atoms with van der Waals surface area (Å²) in [6, 6.07) is 20.8. The fraction of sp³-hybridized carbons (Fsp3) is 0.250. The zero-order valence-corrected chi connectivity index (χ0v) is 22.9. The third kappa shape index (κ3) is 5.83. The van der Waals surface area contributed by atoms with E-state index in [1.54, 1.807) is 6.20 Å². The largest absolute Gasteiger partial charge is 0.481 e. The minimum Gasteiger partial charge on any atom is -0.481 e. The monoisotopic (exact) mass is 569 g/mol. The highest BCUT2D eigenvalue weighted by atomic mass is 16.5. The van der Waals surface area contributed by atoms with Crippen molar-refractivity contribution in [1.82, 2.24) is 15.2 Å². The van der Waals surface area contributed by atoms with Crippen molar-refractivity contribution in [1.29, 1.82) is 0 Å². The molecule has 0 radical (unpaired) electrons. The predicted octanol–water partition coefficient (Wildman–Crippen LogP) is 4.39. The van der Waals surface area contributed by atoms with Crippen molar-refractivity contribution in [3.05, 3.63) is 95.7 Å². The van der Waals surface area contributed by atoms with Crippen LogP contribution in [0.15, 0.2) is 79.0 Å². The second kappa shape index (κ2) is 12.2. The second-order valence-electron chi connectivity index (χ2n) is 10.3. The van der Waals surface area contributed by atoms with Crippen LogP contribution in [-0.2, 0) is 25.5 Å². The molecule has 0 aliphatic heterocycles. The molecule has 2 amide bonds. The van der Waals surface area contributed by atoms with Gasteiger partial charge in [0.1, 0.15) is 18.7 Å². The van der Waals surface area contributed by atoms with Gasteiger partial charge in [-0.25, -0.2) is 9.59 Å². The lowest BCUT2D eigenvalue weighted by atomic mass is 9.98. The van der Waals surface area contributed by atoms with Gasteiger partial charge in [0.25, 0.3) is 0 Å². The molecule has 5 rings (SSSR count). The quantitative estimate of drug-likeness (QED) is 0.209. The van der Waals surface area contributed by atoms with Gasteiger partial charge in [-0.05, 0) is 40.3 Å². The van der Waals surface area contributed by atoms with Gasteiger partial charge in [0.05, 0.1) is 0 Å². The molecule has 2 atom stereocenters. The number of H-pyrrole nitrogens is 1. The number of aromatic nitrogens is 1. The molecule has 0 bridgehead atoms. The third-order valence-corrected chi connectivity index (χ3v) is 7.76. The van der Waals surface area contributed by atoms with Crippen LogP contribution in [0.3, 0.4) is 0 Å². The van der Waals surface area contributed by atoms with Crippen LogP contribution in [0.2, 0.25) is 0 Å². The Hall–Kier alpha value is -5.12. The number of hydrogen-bond acceptors (Lipinski definition) is 5. The molecule has 216 valence electrons. The van der Waals surface area contributed by atoms with Crippen LogP contribution in [0.25, 0.3) is 22.0 Å². The van der Waals surface area contributed by atoms with E-state index in [-0.39, 0.29) is 25.4 Å². The topological polar surface area (TPSA) is 149 Å². The van der Waals surface area contributed by atoms with Gasteiger partial charge in [0, 0.05) is 42.9 Å². The third-order valence-electron chi connectivity index (χ3n) is 7.76. The van der Waals surface area contributed by atoms with E-state index in [9.17, 15) is 24.3 Å². The number of aromatic amines is 1. The summed E-state index contributed by atoms with van der Waals surface area (Å²) in [6.45, 7) is 0.0417. The molecule has 10 heteroatoms. The molecule has 4 aromatic rings. The average Bonchev–Trinajstić information content (AvgIpc) is 3.54. The normalized spacial score (nSPS) is 13.5. The minimum atomic E-state index is -1.39. The molecule has 0 fully saturated rings. The second-order valence-corrected chi connectivity index (χ2v) is 10.3. The molecule has 1 aliphatic rings. The predicted molar refractivity (Wildman–Crippen MR) is 155 cm³/mol. The van der Waals surface area contributed by atoms with Crippen LogP contribution in [0.1, 0.15) is 35.4 Å². The molecule has 10 nitrogen and oxygen atoms in total. The number of nitrogens with zero attached hydrogens (tertiary/aromatic N) is 1. The first kappa shape index (κ1) is 28.4. The van der Waals surface area contributed by atoms with Crippen molar-refractivity contribution in [3.8, 4) is 11.1 Å². The fourth-order valence-corrected chi connectivity index (χ4v) is 5.65. The van der Waals surface area contributed by atoms with E-state index >= 15 is 0 Å². The number of amides is 2. The number of fused-ring (bicyclic) bond motifs is 4. The van der Waals surface area contributed by atoms with Gasteiger partial charge in [-0.2, -0.15) is 0 Å². The number of para-hydroxylation sites is 1. The molecule has 0 saturated carbocycles. The lowest BCUT2D eigenvalue weighted by Crippen LogP contribution is -2.53. The Morgan fingerprint density at radius 1 is 0.929 bits per heavy atom. The zero-order valence-electron chi connectivity index (χ0n) is 22.9. The van der Waals surface area contributed by atoms with Gasteiger partial charge < -0.3 is 30.2 Å². The van der Waals surface area contributed by atoms with Gasteiger partial charge in [-0.3, -0.25) is 9.59 Å². The number of carboxylic acids is 2. The smallest absolute Gasteiger partial charge is 0.407 e. The molecule has 1 aromatic heterocycles. The van der Waals surface area contributed by atoms with Crippen molar-refractivity contribution < 1.29 is 34.1 Å². The number of benzene rings is 3. The van der Waals surface area contributed by atoms with Crippen LogP contribution in [-0.4, -0.2) is 69.8 Å². The number of carbonyl (C=O) groups excluding carboxylic acids is 2. The lowest BCUT2D eigenvalue weighted by molar-refractivity contribution is -0.150. The summed E-state index contributed by atoms with van der Waals surface area (Å²) in [5.74, 6) is -3.36. The lowest BCUT2D eigenvalue weighted by Gasteiger charge is -2.29. The Morgan fingerprint density at radius 2 is 1.55 bits per heavy atom. The number of likely N-dealkylation sites (N-methyl/N-ethyl adjacent to an activating group) is 1. The van der Waals surface area contributed by atoms with E-state index in [2.05, 4.69) is 10.3 Å². The molecular weight excluding hydrogens is 538 g/mol. The maximum Gasteiger partial charge on any atom is 0.407 e. The first-order chi connectivity index (χ1) is 20.2. The highest BCUT2D eigenvalue weighted by Crippen LogP contribution is 2.44. The molecule has 0 spiro atoms. The highest BCUT2D eigenvalue weighted by Gasteiger charge is 2.34. The van der Waals surface area contributed by atoms with Gasteiger partial charge in [-0.1, -0.05) is 66.7 Å². The van der Waals surface area contributed by atoms with Gasteiger partial charge >= 0.3 is 18.0 Å². The number of ether oxygens (including phenoxy) is 1. The minimum absolute atomic E-state index is 0.0417. The molecule has 1 aliphatic carbocycles. The number of aliphatic carboxylic acids is 2. The van der Waals surface area contributed by atoms with Gasteiger partial charge in [0.15, 0.2) is 0 Å². The van der Waals surface area contributed by atoms with Crippen molar-refractivity contribution >= 4 is 34.8 Å². The van der Waals surface area contributed by atoms with Crippen LogP contribution in [0, 0.1) is 0 Å². The Kier molecular flexibility index (Phi) is 8.24. The SMILES string of the molecule is CN(C(=O)[C@H](Cc1c[nH]c2ccccc12)NC(=O)OCC1c2ccccc2-c2ccccc21)[C@@H](CCC(=O)O)C(=O)O. The first-order valence-electron chi connectivity index (χ1n) is 13.6. The summed E-state index contributed by atoms with van der Waals surface area (Å²) >= 11 is 0. The molecule has 42 heavy (non-hydrogen) atoms. The van der Waals surface area contributed by atoms with Gasteiger partial charge in [0.2, 0.25) is 5.91 Å². The van der Waals surface area contributed by atoms with Crippen LogP contribution in [0.5, 0.6) is 0 Å². The summed E-state index contributed by atoms with van der Waals surface area (Å²) in [6.07, 6.45) is 0.270. The number of nitrogens with one attached hydrogen (secondary N) is 2. The average molecular weight is 570 g/mol. The Labute approximate surface area is 241 Å². The van der Waals surface area contributed by atoms with Crippen molar-refractivity contribution in [3.63, 3.8) is 0 Å². The van der Waals surface area contributed by atoms with E-state index in [4.69, 9.17) is 9.84 Å². The fourth-order valence-electron chi connectivity index (χ4n) is 5.65. The van der Waals surface area contributed by atoms with Crippen molar-refractivity contribution in [2.75, 3.05) is 13.7 Å². The van der Waals surface area contributed by atoms with Crippen LogP contribution in [0.4, 0.5) is 4.79 Å². The Morgan fingerprint density at radius 3 is 2.19 bits per heavy atom.